The fraction of sp³-hybridized carbons (Fsp3) is 0. The van der Waals surface area contributed by atoms with Crippen LogP contribution in [0, 0.1) is 0 Å². The molecular weight excluding hydrogens is 168 g/mol. The van der Waals surface area contributed by atoms with E-state index in [4.69, 9.17) is 0 Å². The van der Waals surface area contributed by atoms with Crippen molar-refractivity contribution < 1.29 is 17.1 Å². The first-order valence-electron chi connectivity index (χ1n) is 0. The van der Waals surface area contributed by atoms with Gasteiger partial charge in [0, 0.05) is 130 Å². The third kappa shape index (κ3) is 17.8. The average Bonchev–Trinajstić information content (AvgIpc) is 0. The van der Waals surface area contributed by atoms with E-state index in [-0.39, 0.29) is 130 Å². The van der Waals surface area contributed by atoms with Crippen molar-refractivity contribution in [3.8, 4) is 0 Å². The van der Waals surface area contributed by atoms with Crippen LogP contribution in [0.15, 0.2) is 0 Å². The molecule has 0 amide bonds. The van der Waals surface area contributed by atoms with Crippen LogP contribution in [0.4, 0.5) is 0 Å². The van der Waals surface area contributed by atoms with E-state index in [0.29, 0.717) is 0 Å². The molecule has 0 aliphatic heterocycles. The van der Waals surface area contributed by atoms with Crippen molar-refractivity contribution in [3.63, 3.8) is 0 Å². The van der Waals surface area contributed by atoms with E-state index < -0.39 is 0 Å². The van der Waals surface area contributed by atoms with Gasteiger partial charge in [-0.3, -0.25) is 0 Å². The molecule has 0 atom stereocenters. The summed E-state index contributed by atoms with van der Waals surface area (Å²) in [5.41, 5.74) is 0. The standard InChI is InChI=1S/Ca.Fe.2Mg.Na. The minimum Gasteiger partial charge on any atom is 0 e. The van der Waals surface area contributed by atoms with Crippen LogP contribution in [0.3, 0.4) is 0 Å². The number of hydrogen-bond acceptors (Lipinski definition) is 0. The monoisotopic (exact) mass is 167 g/mol. The summed E-state index contributed by atoms with van der Waals surface area (Å²) in [7, 11) is 0. The van der Waals surface area contributed by atoms with Gasteiger partial charge in [-0.2, -0.15) is 0 Å². The van der Waals surface area contributed by atoms with Crippen LogP contribution in [0.5, 0.6) is 0 Å². The first-order chi connectivity index (χ1) is 0. The molecule has 0 aromatic carbocycles. The first kappa shape index (κ1) is 34.6. The van der Waals surface area contributed by atoms with Gasteiger partial charge in [-0.1, -0.05) is 0 Å². The summed E-state index contributed by atoms with van der Waals surface area (Å²) in [6.45, 7) is 0. The Labute approximate surface area is 127 Å². The zero-order valence-corrected chi connectivity index (χ0v) is 11.6. The SMILES string of the molecule is [Ca].[Fe].[Mg].[Mg].[Na]. The van der Waals surface area contributed by atoms with Gasteiger partial charge in [-0.25, -0.2) is 0 Å². The van der Waals surface area contributed by atoms with Gasteiger partial charge in [-0.15, -0.1) is 0 Å². The van der Waals surface area contributed by atoms with Crippen molar-refractivity contribution in [2.45, 2.75) is 0 Å². The molecule has 0 aliphatic rings. The van der Waals surface area contributed by atoms with Crippen LogP contribution in [-0.2, 0) is 17.1 Å². The van der Waals surface area contributed by atoms with Gasteiger partial charge in [0.1, 0.15) is 0 Å². The Morgan fingerprint density at radius 2 is 0.800 bits per heavy atom. The molecule has 0 N–H and O–H groups in total. The van der Waals surface area contributed by atoms with Crippen LogP contribution in [0.1, 0.15) is 0 Å². The quantitative estimate of drug-likeness (QED) is 0.384. The van der Waals surface area contributed by atoms with Gasteiger partial charge < -0.3 is 0 Å². The molecular formula is CaFeMg2Na. The zero-order chi connectivity index (χ0) is 0. The molecule has 0 spiro atoms. The third-order valence-corrected chi connectivity index (χ3v) is 0. The molecule has 0 heterocycles. The number of hydrogen-bond donors (Lipinski definition) is 0. The molecule has 0 bridgehead atoms. The number of rotatable bonds is 0. The molecule has 0 aromatic heterocycles. The molecule has 0 aromatic rings. The smallest absolute Gasteiger partial charge is 0 e. The summed E-state index contributed by atoms with van der Waals surface area (Å²) in [6, 6.07) is 0. The van der Waals surface area contributed by atoms with Crippen LogP contribution in [-0.4, -0.2) is 113 Å². The Morgan fingerprint density at radius 1 is 0.800 bits per heavy atom. The molecule has 5 heteroatoms. The molecule has 0 aliphatic carbocycles. The van der Waals surface area contributed by atoms with Gasteiger partial charge >= 0.3 is 0 Å². The van der Waals surface area contributed by atoms with Gasteiger partial charge in [0.15, 0.2) is 0 Å². The van der Waals surface area contributed by atoms with Crippen LogP contribution >= 0.6 is 0 Å². The fourth-order valence-electron chi connectivity index (χ4n) is 0. The predicted octanol–water partition coefficient (Wildman–Crippen LogP) is -1.53. The predicted molar refractivity (Wildman–Crippen MR) is 23.0 cm³/mol. The second-order valence-corrected chi connectivity index (χ2v) is 0. The van der Waals surface area contributed by atoms with E-state index >= 15 is 0 Å². The Bertz CT molecular complexity index is 9.61. The van der Waals surface area contributed by atoms with Gasteiger partial charge in [0.25, 0.3) is 0 Å². The molecule has 0 saturated heterocycles. The van der Waals surface area contributed by atoms with E-state index in [1.165, 1.54) is 0 Å². The van der Waals surface area contributed by atoms with Crippen molar-refractivity contribution in [3.05, 3.63) is 0 Å². The van der Waals surface area contributed by atoms with Gasteiger partial charge in [0.2, 0.25) is 0 Å². The largest absolute Gasteiger partial charge is 0 e. The molecule has 0 fully saturated rings. The second kappa shape index (κ2) is 23.9. The van der Waals surface area contributed by atoms with Crippen molar-refractivity contribution >= 4 is 113 Å². The summed E-state index contributed by atoms with van der Waals surface area (Å²) >= 11 is 0. The molecule has 0 rings (SSSR count). The Morgan fingerprint density at radius 3 is 0.800 bits per heavy atom. The Hall–Kier alpha value is 4.31. The maximum Gasteiger partial charge on any atom is 0 e. The summed E-state index contributed by atoms with van der Waals surface area (Å²) in [5.74, 6) is 0. The molecule has 0 saturated carbocycles. The van der Waals surface area contributed by atoms with E-state index in [0.717, 1.165) is 0 Å². The maximum atomic E-state index is 0. The minimum atomic E-state index is 0. The van der Waals surface area contributed by atoms with E-state index in [9.17, 15) is 0 Å². The summed E-state index contributed by atoms with van der Waals surface area (Å²) in [4.78, 5) is 0. The van der Waals surface area contributed by atoms with E-state index in [1.54, 1.807) is 0 Å². The topological polar surface area (TPSA) is 0 Å². The van der Waals surface area contributed by atoms with Crippen LogP contribution < -0.4 is 0 Å². The van der Waals surface area contributed by atoms with Crippen molar-refractivity contribution in [2.75, 3.05) is 0 Å². The maximum absolute atomic E-state index is 0. The molecule has 15 valence electrons. The molecule has 5 heavy (non-hydrogen) atoms. The van der Waals surface area contributed by atoms with Crippen molar-refractivity contribution in [1.29, 1.82) is 0 Å². The molecule has 7 radical (unpaired) electrons. The van der Waals surface area contributed by atoms with E-state index in [1.807, 2.05) is 0 Å². The first-order valence-corrected chi connectivity index (χ1v) is 0. The van der Waals surface area contributed by atoms with Gasteiger partial charge in [0.05, 0.1) is 0 Å². The van der Waals surface area contributed by atoms with Crippen LogP contribution in [0.2, 0.25) is 0 Å². The minimum absolute atomic E-state index is 0. The van der Waals surface area contributed by atoms with Crippen molar-refractivity contribution in [2.24, 2.45) is 0 Å². The third-order valence-electron chi connectivity index (χ3n) is 0. The Kier molecular flexibility index (Phi) is 165. The molecule has 0 nitrogen and oxygen atoms in total. The fourth-order valence-corrected chi connectivity index (χ4v) is 0. The summed E-state index contributed by atoms with van der Waals surface area (Å²) in [6.07, 6.45) is 0. The van der Waals surface area contributed by atoms with Crippen LogP contribution in [0.25, 0.3) is 0 Å². The summed E-state index contributed by atoms with van der Waals surface area (Å²) in [5, 5.41) is 0. The normalized spacial score (nSPS) is 0. The second-order valence-electron chi connectivity index (χ2n) is 0. The van der Waals surface area contributed by atoms with Gasteiger partial charge in [-0.05, 0) is 0 Å². The van der Waals surface area contributed by atoms with Crippen molar-refractivity contribution in [1.82, 2.24) is 0 Å². The summed E-state index contributed by atoms with van der Waals surface area (Å²) < 4.78 is 0. The van der Waals surface area contributed by atoms with E-state index in [2.05, 4.69) is 0 Å². The Balaban J connectivity index is 0. The molecule has 0 unspecified atom stereocenters. The zero-order valence-electron chi connectivity index (χ0n) is 3.47. The average molecular weight is 168 g/mol.